The second-order valence-electron chi connectivity index (χ2n) is 3.51. The molecule has 0 radical (unpaired) electrons. The normalized spacial score (nSPS) is 17.8. The molecule has 7 heteroatoms. The summed E-state index contributed by atoms with van der Waals surface area (Å²) in [5.41, 5.74) is 0.421. The van der Waals surface area contributed by atoms with Crippen LogP contribution in [0.1, 0.15) is 0 Å². The summed E-state index contributed by atoms with van der Waals surface area (Å²) in [6, 6.07) is 2.49. The van der Waals surface area contributed by atoms with Gasteiger partial charge in [0, 0.05) is 0 Å². The molecule has 2 rings (SSSR count). The van der Waals surface area contributed by atoms with E-state index in [2.05, 4.69) is 10.3 Å². The number of aromatic nitrogens is 1. The van der Waals surface area contributed by atoms with Crippen molar-refractivity contribution in [1.29, 1.82) is 0 Å². The van der Waals surface area contributed by atoms with Crippen LogP contribution in [0.4, 0.5) is 19.3 Å². The Morgan fingerprint density at radius 2 is 2.19 bits per heavy atom. The third kappa shape index (κ3) is 2.38. The Balaban J connectivity index is 1.91. The van der Waals surface area contributed by atoms with E-state index in [1.165, 1.54) is 12.3 Å². The van der Waals surface area contributed by atoms with E-state index in [1.807, 2.05) is 0 Å². The number of likely N-dealkylation sites (tertiary alicyclic amines) is 1. The van der Waals surface area contributed by atoms with Crippen LogP contribution in [0.5, 0.6) is 0 Å². The summed E-state index contributed by atoms with van der Waals surface area (Å²) < 4.78 is 25.0. The molecule has 0 spiro atoms. The van der Waals surface area contributed by atoms with Crippen LogP contribution in [-0.4, -0.2) is 34.9 Å². The van der Waals surface area contributed by atoms with E-state index < -0.39 is 25.0 Å². The maximum Gasteiger partial charge on any atom is 0.322 e. The van der Waals surface area contributed by atoms with Crippen molar-refractivity contribution in [3.63, 3.8) is 0 Å². The molecule has 1 aliphatic heterocycles. The van der Waals surface area contributed by atoms with E-state index >= 15 is 0 Å². The number of alkyl halides is 2. The number of nitrogens with zero attached hydrogens (tertiary/aromatic N) is 2. The van der Waals surface area contributed by atoms with Crippen LogP contribution >= 0.6 is 11.6 Å². The minimum Gasteiger partial charge on any atom is -0.312 e. The van der Waals surface area contributed by atoms with Gasteiger partial charge in [0.1, 0.15) is 5.15 Å². The summed E-state index contributed by atoms with van der Waals surface area (Å²) >= 11 is 5.55. The van der Waals surface area contributed by atoms with Gasteiger partial charge in [0.05, 0.1) is 25.0 Å². The predicted molar refractivity (Wildman–Crippen MR) is 54.8 cm³/mol. The SMILES string of the molecule is O=C(Nc1ccc(Cl)nc1)N1CC(F)(F)C1. The molecule has 16 heavy (non-hydrogen) atoms. The fraction of sp³-hybridized carbons (Fsp3) is 0.333. The number of hydrogen-bond acceptors (Lipinski definition) is 2. The smallest absolute Gasteiger partial charge is 0.312 e. The minimum atomic E-state index is -2.75. The van der Waals surface area contributed by atoms with Gasteiger partial charge in [-0.1, -0.05) is 11.6 Å². The number of halogens is 3. The van der Waals surface area contributed by atoms with Crippen LogP contribution in [0.25, 0.3) is 0 Å². The van der Waals surface area contributed by atoms with Gasteiger partial charge in [0.25, 0.3) is 5.92 Å². The lowest BCUT2D eigenvalue weighted by Gasteiger charge is -2.38. The third-order valence-electron chi connectivity index (χ3n) is 2.11. The van der Waals surface area contributed by atoms with Crippen LogP contribution in [0, 0.1) is 0 Å². The number of carbonyl (C=O) groups excluding carboxylic acids is 1. The number of hydrogen-bond donors (Lipinski definition) is 1. The molecule has 0 saturated carbocycles. The fourth-order valence-electron chi connectivity index (χ4n) is 1.31. The number of nitrogens with one attached hydrogen (secondary N) is 1. The molecule has 86 valence electrons. The van der Waals surface area contributed by atoms with Gasteiger partial charge in [0.2, 0.25) is 0 Å². The van der Waals surface area contributed by atoms with E-state index in [-0.39, 0.29) is 0 Å². The number of anilines is 1. The van der Waals surface area contributed by atoms with E-state index in [0.29, 0.717) is 10.8 Å². The number of rotatable bonds is 1. The van der Waals surface area contributed by atoms with Crippen LogP contribution in [0.2, 0.25) is 5.15 Å². The van der Waals surface area contributed by atoms with Crippen LogP contribution in [0.3, 0.4) is 0 Å². The molecular formula is C9H8ClF2N3O. The first-order valence-corrected chi connectivity index (χ1v) is 4.89. The molecule has 4 nitrogen and oxygen atoms in total. The monoisotopic (exact) mass is 247 g/mol. The molecule has 0 unspecified atom stereocenters. The fourth-order valence-corrected chi connectivity index (χ4v) is 1.42. The molecule has 1 aromatic heterocycles. The van der Waals surface area contributed by atoms with E-state index in [9.17, 15) is 13.6 Å². The molecule has 0 aliphatic carbocycles. The van der Waals surface area contributed by atoms with E-state index in [0.717, 1.165) is 4.90 Å². The van der Waals surface area contributed by atoms with Crippen LogP contribution < -0.4 is 5.32 Å². The molecular weight excluding hydrogens is 240 g/mol. The van der Waals surface area contributed by atoms with Gasteiger partial charge in [-0.3, -0.25) is 0 Å². The average molecular weight is 248 g/mol. The average Bonchev–Trinajstić information content (AvgIpc) is 2.18. The topological polar surface area (TPSA) is 45.2 Å². The highest BCUT2D eigenvalue weighted by molar-refractivity contribution is 6.29. The Labute approximate surface area is 95.2 Å². The van der Waals surface area contributed by atoms with Gasteiger partial charge in [0.15, 0.2) is 0 Å². The van der Waals surface area contributed by atoms with Gasteiger partial charge in [-0.25, -0.2) is 18.6 Å². The van der Waals surface area contributed by atoms with Gasteiger partial charge >= 0.3 is 6.03 Å². The van der Waals surface area contributed by atoms with Crippen LogP contribution in [-0.2, 0) is 0 Å². The lowest BCUT2D eigenvalue weighted by Crippen LogP contribution is -2.59. The molecule has 1 aliphatic rings. The van der Waals surface area contributed by atoms with Gasteiger partial charge < -0.3 is 10.2 Å². The zero-order chi connectivity index (χ0) is 11.8. The lowest BCUT2D eigenvalue weighted by atomic mass is 10.2. The summed E-state index contributed by atoms with van der Waals surface area (Å²) in [5, 5.41) is 2.74. The first kappa shape index (κ1) is 11.1. The van der Waals surface area contributed by atoms with Crippen molar-refractivity contribution in [2.75, 3.05) is 18.4 Å². The van der Waals surface area contributed by atoms with Crippen molar-refractivity contribution < 1.29 is 13.6 Å². The molecule has 2 amide bonds. The molecule has 2 heterocycles. The van der Waals surface area contributed by atoms with Gasteiger partial charge in [-0.15, -0.1) is 0 Å². The van der Waals surface area contributed by atoms with Crippen molar-refractivity contribution in [2.45, 2.75) is 5.92 Å². The standard InChI is InChI=1S/C9H8ClF2N3O/c10-7-2-1-6(3-13-7)14-8(16)15-4-9(11,12)5-15/h1-3H,4-5H2,(H,14,16). The summed E-state index contributed by atoms with van der Waals surface area (Å²) in [6.07, 6.45) is 1.36. The van der Waals surface area contributed by atoms with E-state index in [1.54, 1.807) is 6.07 Å². The quantitative estimate of drug-likeness (QED) is 0.774. The second-order valence-corrected chi connectivity index (χ2v) is 3.90. The molecule has 1 fully saturated rings. The zero-order valence-electron chi connectivity index (χ0n) is 8.08. The Hall–Kier alpha value is -1.43. The molecule has 0 bridgehead atoms. The zero-order valence-corrected chi connectivity index (χ0v) is 8.84. The maximum atomic E-state index is 12.5. The summed E-state index contributed by atoms with van der Waals surface area (Å²) in [5.74, 6) is -2.75. The second kappa shape index (κ2) is 3.86. The minimum absolute atomic E-state index is 0.300. The van der Waals surface area contributed by atoms with Gasteiger partial charge in [-0.05, 0) is 12.1 Å². The van der Waals surface area contributed by atoms with Crippen molar-refractivity contribution >= 4 is 23.3 Å². The highest BCUT2D eigenvalue weighted by Gasteiger charge is 2.46. The number of pyridine rings is 1. The maximum absolute atomic E-state index is 12.5. The first-order valence-electron chi connectivity index (χ1n) is 4.52. The highest BCUT2D eigenvalue weighted by Crippen LogP contribution is 2.27. The Kier molecular flexibility index (Phi) is 2.67. The van der Waals surface area contributed by atoms with Crippen molar-refractivity contribution in [2.24, 2.45) is 0 Å². The van der Waals surface area contributed by atoms with Crippen molar-refractivity contribution in [3.8, 4) is 0 Å². The number of carbonyl (C=O) groups is 1. The third-order valence-corrected chi connectivity index (χ3v) is 2.33. The molecule has 1 saturated heterocycles. The largest absolute Gasteiger partial charge is 0.322 e. The lowest BCUT2D eigenvalue weighted by molar-refractivity contribution is -0.107. The Morgan fingerprint density at radius 3 is 2.69 bits per heavy atom. The molecule has 0 atom stereocenters. The van der Waals surface area contributed by atoms with Crippen molar-refractivity contribution in [3.05, 3.63) is 23.5 Å². The number of urea groups is 1. The summed E-state index contributed by atoms with van der Waals surface area (Å²) in [6.45, 7) is -1.08. The predicted octanol–water partition coefficient (Wildman–Crippen LogP) is 2.22. The van der Waals surface area contributed by atoms with E-state index in [4.69, 9.17) is 11.6 Å². The molecule has 1 N–H and O–H groups in total. The molecule has 0 aromatic carbocycles. The Morgan fingerprint density at radius 1 is 1.50 bits per heavy atom. The summed E-state index contributed by atoms with van der Waals surface area (Å²) in [4.78, 5) is 16.2. The summed E-state index contributed by atoms with van der Waals surface area (Å²) in [7, 11) is 0. The first-order chi connectivity index (χ1) is 7.46. The number of amides is 2. The van der Waals surface area contributed by atoms with Gasteiger partial charge in [-0.2, -0.15) is 0 Å². The Bertz CT molecular complexity index is 402. The van der Waals surface area contributed by atoms with Crippen LogP contribution in [0.15, 0.2) is 18.3 Å². The van der Waals surface area contributed by atoms with Crippen molar-refractivity contribution in [1.82, 2.24) is 9.88 Å². The highest BCUT2D eigenvalue weighted by atomic mass is 35.5. The molecule has 1 aromatic rings.